The van der Waals surface area contributed by atoms with Crippen LogP contribution in [0.25, 0.3) is 0 Å². The molecule has 3 nitrogen and oxygen atoms in total. The van der Waals surface area contributed by atoms with E-state index in [0.29, 0.717) is 0 Å². The highest BCUT2D eigenvalue weighted by Gasteiger charge is 2.22. The summed E-state index contributed by atoms with van der Waals surface area (Å²) in [4.78, 5) is 4.90. The number of thioether (sulfide) groups is 1. The SMILES string of the molecule is CCSCCN1CCN(CC(C)(C)O)CC1. The minimum atomic E-state index is -0.555. The van der Waals surface area contributed by atoms with Gasteiger partial charge in [-0.2, -0.15) is 11.8 Å². The molecule has 0 aromatic rings. The number of β-amino-alcohol motifs (C(OH)–C–C–N with tert-alkyl or cyclic N) is 1. The second-order valence-corrected chi connectivity index (χ2v) is 6.52. The summed E-state index contributed by atoms with van der Waals surface area (Å²) >= 11 is 2.02. The third-order valence-electron chi connectivity index (χ3n) is 2.83. The molecule has 0 radical (unpaired) electrons. The van der Waals surface area contributed by atoms with Gasteiger partial charge in [0.25, 0.3) is 0 Å². The van der Waals surface area contributed by atoms with Gasteiger partial charge in [-0.1, -0.05) is 6.92 Å². The highest BCUT2D eigenvalue weighted by molar-refractivity contribution is 7.99. The molecule has 96 valence electrons. The largest absolute Gasteiger partial charge is 0.389 e. The van der Waals surface area contributed by atoms with Crippen LogP contribution in [0.5, 0.6) is 0 Å². The van der Waals surface area contributed by atoms with E-state index in [0.717, 1.165) is 32.7 Å². The van der Waals surface area contributed by atoms with Crippen LogP contribution in [0.4, 0.5) is 0 Å². The number of rotatable bonds is 6. The van der Waals surface area contributed by atoms with Crippen molar-refractivity contribution >= 4 is 11.8 Å². The molecule has 0 spiro atoms. The molecule has 0 aromatic heterocycles. The van der Waals surface area contributed by atoms with Crippen molar-refractivity contribution in [2.75, 3.05) is 50.8 Å². The fraction of sp³-hybridized carbons (Fsp3) is 1.00. The van der Waals surface area contributed by atoms with Crippen molar-refractivity contribution in [3.63, 3.8) is 0 Å². The first-order valence-corrected chi connectivity index (χ1v) is 7.41. The van der Waals surface area contributed by atoms with Gasteiger partial charge in [-0.05, 0) is 19.6 Å². The summed E-state index contributed by atoms with van der Waals surface area (Å²) in [5.74, 6) is 2.47. The van der Waals surface area contributed by atoms with Crippen molar-refractivity contribution in [1.29, 1.82) is 0 Å². The molecule has 0 atom stereocenters. The Morgan fingerprint density at radius 3 is 2.19 bits per heavy atom. The summed E-state index contributed by atoms with van der Waals surface area (Å²) < 4.78 is 0. The summed E-state index contributed by atoms with van der Waals surface area (Å²) in [5.41, 5.74) is -0.555. The topological polar surface area (TPSA) is 26.7 Å². The Morgan fingerprint density at radius 2 is 1.69 bits per heavy atom. The zero-order chi connectivity index (χ0) is 12.0. The summed E-state index contributed by atoms with van der Waals surface area (Å²) in [6.07, 6.45) is 0. The Morgan fingerprint density at radius 1 is 1.12 bits per heavy atom. The lowest BCUT2D eigenvalue weighted by molar-refractivity contribution is 0.0186. The van der Waals surface area contributed by atoms with Crippen LogP contribution in [-0.2, 0) is 0 Å². The van der Waals surface area contributed by atoms with E-state index in [1.54, 1.807) is 0 Å². The molecule has 0 saturated carbocycles. The third kappa shape index (κ3) is 6.09. The van der Waals surface area contributed by atoms with Gasteiger partial charge in [0.15, 0.2) is 0 Å². The molecule has 0 aliphatic carbocycles. The highest BCUT2D eigenvalue weighted by Crippen LogP contribution is 2.09. The van der Waals surface area contributed by atoms with E-state index < -0.39 is 5.60 Å². The number of nitrogens with zero attached hydrogens (tertiary/aromatic N) is 2. The Bertz CT molecular complexity index is 186. The van der Waals surface area contributed by atoms with Crippen LogP contribution >= 0.6 is 11.8 Å². The van der Waals surface area contributed by atoms with E-state index in [1.165, 1.54) is 18.1 Å². The molecule has 4 heteroatoms. The van der Waals surface area contributed by atoms with Gasteiger partial charge in [-0.25, -0.2) is 0 Å². The molecule has 1 fully saturated rings. The van der Waals surface area contributed by atoms with E-state index in [4.69, 9.17) is 0 Å². The van der Waals surface area contributed by atoms with Crippen LogP contribution in [0.3, 0.4) is 0 Å². The van der Waals surface area contributed by atoms with E-state index >= 15 is 0 Å². The van der Waals surface area contributed by atoms with Crippen molar-refractivity contribution < 1.29 is 5.11 Å². The summed E-state index contributed by atoms with van der Waals surface area (Å²) in [6.45, 7) is 12.5. The third-order valence-corrected chi connectivity index (χ3v) is 3.71. The van der Waals surface area contributed by atoms with E-state index in [1.807, 2.05) is 25.6 Å². The molecule has 1 heterocycles. The maximum Gasteiger partial charge on any atom is 0.0718 e. The molecular formula is C12H26N2OS. The Balaban J connectivity index is 2.13. The summed E-state index contributed by atoms with van der Waals surface area (Å²) in [6, 6.07) is 0. The molecule has 16 heavy (non-hydrogen) atoms. The van der Waals surface area contributed by atoms with Crippen LogP contribution in [-0.4, -0.2) is 71.3 Å². The van der Waals surface area contributed by atoms with Gasteiger partial charge in [0.05, 0.1) is 5.60 Å². The molecule has 1 aliphatic rings. The zero-order valence-corrected chi connectivity index (χ0v) is 11.7. The number of piperazine rings is 1. The molecule has 0 amide bonds. The molecule has 1 saturated heterocycles. The van der Waals surface area contributed by atoms with Gasteiger partial charge >= 0.3 is 0 Å². The Hall–Kier alpha value is 0.230. The second-order valence-electron chi connectivity index (χ2n) is 5.13. The van der Waals surface area contributed by atoms with Gasteiger partial charge in [0.2, 0.25) is 0 Å². The van der Waals surface area contributed by atoms with E-state index in [9.17, 15) is 5.11 Å². The normalized spacial score (nSPS) is 20.2. The molecule has 1 aliphatic heterocycles. The Labute approximate surface area is 104 Å². The van der Waals surface area contributed by atoms with Crippen molar-refractivity contribution in [2.45, 2.75) is 26.4 Å². The predicted molar refractivity (Wildman–Crippen MR) is 72.2 cm³/mol. The fourth-order valence-electron chi connectivity index (χ4n) is 2.06. The molecule has 0 unspecified atom stereocenters. The Kier molecular flexibility index (Phi) is 6.11. The van der Waals surface area contributed by atoms with Crippen LogP contribution in [0.2, 0.25) is 0 Å². The van der Waals surface area contributed by atoms with Gasteiger partial charge in [0, 0.05) is 45.0 Å². The average Bonchev–Trinajstić information content (AvgIpc) is 2.19. The lowest BCUT2D eigenvalue weighted by atomic mass is 10.1. The molecule has 0 bridgehead atoms. The van der Waals surface area contributed by atoms with Crippen molar-refractivity contribution in [2.24, 2.45) is 0 Å². The maximum atomic E-state index is 9.75. The van der Waals surface area contributed by atoms with Crippen molar-refractivity contribution in [1.82, 2.24) is 9.80 Å². The number of hydrogen-bond acceptors (Lipinski definition) is 4. The first-order valence-electron chi connectivity index (χ1n) is 6.26. The standard InChI is InChI=1S/C12H26N2OS/c1-4-16-10-9-13-5-7-14(8-6-13)11-12(2,3)15/h15H,4-11H2,1-3H3. The van der Waals surface area contributed by atoms with Gasteiger partial charge in [-0.3, -0.25) is 9.80 Å². The van der Waals surface area contributed by atoms with Crippen LogP contribution in [0.15, 0.2) is 0 Å². The van der Waals surface area contributed by atoms with Crippen LogP contribution in [0, 0.1) is 0 Å². The molecule has 1 rings (SSSR count). The number of hydrogen-bond donors (Lipinski definition) is 1. The molecular weight excluding hydrogens is 220 g/mol. The smallest absolute Gasteiger partial charge is 0.0718 e. The van der Waals surface area contributed by atoms with Crippen LogP contribution in [0.1, 0.15) is 20.8 Å². The summed E-state index contributed by atoms with van der Waals surface area (Å²) in [5, 5.41) is 9.75. The van der Waals surface area contributed by atoms with E-state index in [-0.39, 0.29) is 0 Å². The van der Waals surface area contributed by atoms with Crippen molar-refractivity contribution in [3.8, 4) is 0 Å². The quantitative estimate of drug-likeness (QED) is 0.711. The van der Waals surface area contributed by atoms with Gasteiger partial charge in [-0.15, -0.1) is 0 Å². The monoisotopic (exact) mass is 246 g/mol. The van der Waals surface area contributed by atoms with Crippen molar-refractivity contribution in [3.05, 3.63) is 0 Å². The highest BCUT2D eigenvalue weighted by atomic mass is 32.2. The summed E-state index contributed by atoms with van der Waals surface area (Å²) in [7, 11) is 0. The first kappa shape index (κ1) is 14.3. The van der Waals surface area contributed by atoms with Gasteiger partial charge < -0.3 is 5.11 Å². The lowest BCUT2D eigenvalue weighted by Crippen LogP contribution is -2.50. The lowest BCUT2D eigenvalue weighted by Gasteiger charge is -2.37. The minimum Gasteiger partial charge on any atom is -0.389 e. The zero-order valence-electron chi connectivity index (χ0n) is 10.9. The molecule has 1 N–H and O–H groups in total. The van der Waals surface area contributed by atoms with Crippen LogP contribution < -0.4 is 0 Å². The van der Waals surface area contributed by atoms with Gasteiger partial charge in [0.1, 0.15) is 0 Å². The first-order chi connectivity index (χ1) is 7.51. The number of aliphatic hydroxyl groups is 1. The minimum absolute atomic E-state index is 0.555. The molecule has 0 aromatic carbocycles. The predicted octanol–water partition coefficient (Wildman–Crippen LogP) is 1.13. The second kappa shape index (κ2) is 6.84. The maximum absolute atomic E-state index is 9.75. The average molecular weight is 246 g/mol. The van der Waals surface area contributed by atoms with E-state index in [2.05, 4.69) is 16.7 Å². The fourth-order valence-corrected chi connectivity index (χ4v) is 2.73.